The summed E-state index contributed by atoms with van der Waals surface area (Å²) < 4.78 is 9.73. The van der Waals surface area contributed by atoms with Crippen LogP contribution in [0.25, 0.3) is 0 Å². The second-order valence-electron chi connectivity index (χ2n) is 5.35. The van der Waals surface area contributed by atoms with Crippen molar-refractivity contribution in [1.29, 1.82) is 0 Å². The van der Waals surface area contributed by atoms with Gasteiger partial charge in [0.25, 0.3) is 0 Å². The monoisotopic (exact) mass is 356 g/mol. The third-order valence-corrected chi connectivity index (χ3v) is 3.65. The summed E-state index contributed by atoms with van der Waals surface area (Å²) >= 11 is 0. The lowest BCUT2D eigenvalue weighted by Gasteiger charge is -2.10. The van der Waals surface area contributed by atoms with Crippen LogP contribution in [0.2, 0.25) is 0 Å². The second-order valence-corrected chi connectivity index (χ2v) is 5.35. The summed E-state index contributed by atoms with van der Waals surface area (Å²) in [6.45, 7) is 0.303. The van der Waals surface area contributed by atoms with Crippen LogP contribution in [0.3, 0.4) is 0 Å². The Balaban J connectivity index is 1.88. The fourth-order valence-corrected chi connectivity index (χ4v) is 2.25. The fraction of sp³-hybridized carbons (Fsp3) is 0.211. The highest BCUT2D eigenvalue weighted by Gasteiger charge is 2.17. The van der Waals surface area contributed by atoms with Crippen molar-refractivity contribution in [3.8, 4) is 5.75 Å². The van der Waals surface area contributed by atoms with Crippen molar-refractivity contribution in [3.63, 3.8) is 0 Å². The number of methoxy groups -OCH3 is 2. The molecule has 0 saturated heterocycles. The third kappa shape index (κ3) is 5.07. The Hall–Kier alpha value is -3.35. The number of hydrogen-bond donors (Lipinski definition) is 2. The van der Waals surface area contributed by atoms with E-state index in [4.69, 9.17) is 4.74 Å². The summed E-state index contributed by atoms with van der Waals surface area (Å²) in [4.78, 5) is 35.6. The van der Waals surface area contributed by atoms with E-state index in [1.165, 1.54) is 19.2 Å². The van der Waals surface area contributed by atoms with E-state index in [-0.39, 0.29) is 11.3 Å². The van der Waals surface area contributed by atoms with Crippen LogP contribution in [0, 0.1) is 0 Å². The van der Waals surface area contributed by atoms with Crippen LogP contribution in [0.4, 0.5) is 5.69 Å². The van der Waals surface area contributed by atoms with Crippen molar-refractivity contribution in [2.24, 2.45) is 0 Å². The predicted molar refractivity (Wildman–Crippen MR) is 96.1 cm³/mol. The lowest BCUT2D eigenvalue weighted by Crippen LogP contribution is -2.36. The summed E-state index contributed by atoms with van der Waals surface area (Å²) in [7, 11) is 2.83. The molecule has 0 aromatic heterocycles. The van der Waals surface area contributed by atoms with Gasteiger partial charge in [-0.1, -0.05) is 24.3 Å². The molecule has 0 fully saturated rings. The van der Waals surface area contributed by atoms with Crippen LogP contribution in [-0.2, 0) is 20.7 Å². The standard InChI is InChI=1S/C19H20N2O5/c1-25-14-9-7-13(8-10-14)11-12-20-17(22)18(23)21-16-6-4-3-5-15(16)19(24)26-2/h3-10H,11-12H2,1-2H3,(H,20,22)(H,21,23). The Bertz CT molecular complexity index is 787. The molecule has 0 atom stereocenters. The van der Waals surface area contributed by atoms with Crippen molar-refractivity contribution in [3.05, 3.63) is 59.7 Å². The Morgan fingerprint density at radius 1 is 0.923 bits per heavy atom. The Labute approximate surface area is 151 Å². The molecule has 0 spiro atoms. The Kier molecular flexibility index (Phi) is 6.73. The van der Waals surface area contributed by atoms with Gasteiger partial charge in [-0.25, -0.2) is 4.79 Å². The summed E-state index contributed by atoms with van der Waals surface area (Å²) in [5.74, 6) is -1.48. The van der Waals surface area contributed by atoms with Crippen LogP contribution >= 0.6 is 0 Å². The van der Waals surface area contributed by atoms with Gasteiger partial charge in [0.15, 0.2) is 0 Å². The number of benzene rings is 2. The van der Waals surface area contributed by atoms with E-state index in [1.807, 2.05) is 24.3 Å². The molecule has 0 aliphatic carbocycles. The zero-order valence-corrected chi connectivity index (χ0v) is 14.6. The lowest BCUT2D eigenvalue weighted by atomic mass is 10.1. The second kappa shape index (κ2) is 9.22. The van der Waals surface area contributed by atoms with Crippen LogP contribution < -0.4 is 15.4 Å². The van der Waals surface area contributed by atoms with Gasteiger partial charge in [-0.2, -0.15) is 0 Å². The summed E-state index contributed by atoms with van der Waals surface area (Å²) in [6.07, 6.45) is 0.571. The first-order valence-electron chi connectivity index (χ1n) is 7.94. The topological polar surface area (TPSA) is 93.7 Å². The van der Waals surface area contributed by atoms with Crippen LogP contribution in [-0.4, -0.2) is 38.5 Å². The van der Waals surface area contributed by atoms with Gasteiger partial charge in [-0.3, -0.25) is 9.59 Å². The molecule has 2 aromatic carbocycles. The van der Waals surface area contributed by atoms with Crippen molar-refractivity contribution in [2.45, 2.75) is 6.42 Å². The van der Waals surface area contributed by atoms with Gasteiger partial charge in [0.05, 0.1) is 25.5 Å². The molecule has 2 aromatic rings. The van der Waals surface area contributed by atoms with Gasteiger partial charge >= 0.3 is 17.8 Å². The molecule has 0 aliphatic rings. The van der Waals surface area contributed by atoms with Gasteiger partial charge < -0.3 is 20.1 Å². The highest BCUT2D eigenvalue weighted by atomic mass is 16.5. The molecule has 2 amide bonds. The van der Waals surface area contributed by atoms with Gasteiger partial charge in [0.2, 0.25) is 0 Å². The average molecular weight is 356 g/mol. The number of amides is 2. The Morgan fingerprint density at radius 2 is 1.62 bits per heavy atom. The number of ether oxygens (including phenoxy) is 2. The quantitative estimate of drug-likeness (QED) is 0.608. The first-order chi connectivity index (χ1) is 12.5. The zero-order valence-electron chi connectivity index (χ0n) is 14.6. The van der Waals surface area contributed by atoms with E-state index < -0.39 is 17.8 Å². The van der Waals surface area contributed by atoms with Crippen molar-refractivity contribution >= 4 is 23.5 Å². The van der Waals surface area contributed by atoms with E-state index in [9.17, 15) is 14.4 Å². The molecule has 0 bridgehead atoms. The van der Waals surface area contributed by atoms with E-state index >= 15 is 0 Å². The van der Waals surface area contributed by atoms with E-state index in [2.05, 4.69) is 15.4 Å². The highest BCUT2D eigenvalue weighted by Crippen LogP contribution is 2.16. The molecule has 136 valence electrons. The maximum Gasteiger partial charge on any atom is 0.339 e. The minimum absolute atomic E-state index is 0.175. The number of nitrogens with one attached hydrogen (secondary N) is 2. The summed E-state index contributed by atoms with van der Waals surface area (Å²) in [5, 5.41) is 4.96. The molecular weight excluding hydrogens is 336 g/mol. The van der Waals surface area contributed by atoms with Crippen LogP contribution in [0.1, 0.15) is 15.9 Å². The van der Waals surface area contributed by atoms with E-state index in [0.29, 0.717) is 13.0 Å². The smallest absolute Gasteiger partial charge is 0.339 e. The van der Waals surface area contributed by atoms with Gasteiger partial charge in [0, 0.05) is 6.54 Å². The van der Waals surface area contributed by atoms with Gasteiger partial charge in [0.1, 0.15) is 5.75 Å². The normalized spacial score (nSPS) is 9.92. The first-order valence-corrected chi connectivity index (χ1v) is 7.94. The molecule has 7 heteroatoms. The number of esters is 1. The average Bonchev–Trinajstić information content (AvgIpc) is 2.68. The maximum atomic E-state index is 12.0. The summed E-state index contributed by atoms with van der Waals surface area (Å²) in [5.41, 5.74) is 1.39. The minimum Gasteiger partial charge on any atom is -0.497 e. The largest absolute Gasteiger partial charge is 0.497 e. The molecule has 0 saturated carbocycles. The summed E-state index contributed by atoms with van der Waals surface area (Å²) in [6, 6.07) is 13.7. The van der Waals surface area contributed by atoms with E-state index in [0.717, 1.165) is 11.3 Å². The molecule has 7 nitrogen and oxygen atoms in total. The number of hydrogen-bond acceptors (Lipinski definition) is 5. The van der Waals surface area contributed by atoms with Gasteiger partial charge in [-0.15, -0.1) is 0 Å². The number of anilines is 1. The fourth-order valence-electron chi connectivity index (χ4n) is 2.25. The third-order valence-electron chi connectivity index (χ3n) is 3.65. The SMILES string of the molecule is COC(=O)c1ccccc1NC(=O)C(=O)NCCc1ccc(OC)cc1. The van der Waals surface area contributed by atoms with Crippen molar-refractivity contribution in [2.75, 3.05) is 26.1 Å². The molecule has 0 radical (unpaired) electrons. The molecular formula is C19H20N2O5. The number of para-hydroxylation sites is 1. The van der Waals surface area contributed by atoms with Crippen molar-refractivity contribution < 1.29 is 23.9 Å². The molecule has 0 heterocycles. The zero-order chi connectivity index (χ0) is 18.9. The maximum absolute atomic E-state index is 12.0. The molecule has 0 unspecified atom stereocenters. The van der Waals surface area contributed by atoms with E-state index in [1.54, 1.807) is 19.2 Å². The van der Waals surface area contributed by atoms with Crippen molar-refractivity contribution in [1.82, 2.24) is 5.32 Å². The Morgan fingerprint density at radius 3 is 2.27 bits per heavy atom. The van der Waals surface area contributed by atoms with Crippen LogP contribution in [0.5, 0.6) is 5.75 Å². The first kappa shape index (κ1) is 19.0. The predicted octanol–water partition coefficient (Wildman–Crippen LogP) is 1.78. The molecule has 0 aliphatic heterocycles. The minimum atomic E-state index is -0.851. The number of carbonyl (C=O) groups is 3. The number of carbonyl (C=O) groups excluding carboxylic acids is 3. The molecule has 26 heavy (non-hydrogen) atoms. The molecule has 2 N–H and O–H groups in total. The number of rotatable bonds is 6. The van der Waals surface area contributed by atoms with Crippen LogP contribution in [0.15, 0.2) is 48.5 Å². The molecule has 2 rings (SSSR count). The lowest BCUT2D eigenvalue weighted by molar-refractivity contribution is -0.136. The van der Waals surface area contributed by atoms with Gasteiger partial charge in [-0.05, 0) is 36.2 Å². The highest BCUT2D eigenvalue weighted by molar-refractivity contribution is 6.40.